The second-order valence-corrected chi connectivity index (χ2v) is 6.31. The first-order valence-electron chi connectivity index (χ1n) is 8.53. The Hall–Kier alpha value is -3.07. The van der Waals surface area contributed by atoms with Crippen molar-refractivity contribution < 1.29 is 22.4 Å². The molecular weight excluding hydrogens is 373 g/mol. The maximum atomic E-state index is 12.9. The molecule has 0 aliphatic rings. The number of nitrogens with zero attached hydrogens (tertiary/aromatic N) is 2. The third-order valence-corrected chi connectivity index (χ3v) is 4.26. The van der Waals surface area contributed by atoms with Gasteiger partial charge in [0.1, 0.15) is 5.69 Å². The molecule has 0 fully saturated rings. The van der Waals surface area contributed by atoms with Crippen molar-refractivity contribution in [1.82, 2.24) is 15.1 Å². The number of halogens is 3. The number of nitrogens with two attached hydrogens (primary N) is 1. The Kier molecular flexibility index (Phi) is 5.55. The Morgan fingerprint density at radius 1 is 1.29 bits per heavy atom. The third-order valence-electron chi connectivity index (χ3n) is 4.26. The number of carbonyl (C=O) groups is 1. The van der Waals surface area contributed by atoms with Crippen LogP contribution in [0.4, 0.5) is 13.2 Å². The molecule has 0 saturated heterocycles. The topological polar surface area (TPSA) is 86.1 Å². The molecule has 28 heavy (non-hydrogen) atoms. The van der Waals surface area contributed by atoms with Crippen LogP contribution in [0.25, 0.3) is 11.5 Å². The summed E-state index contributed by atoms with van der Waals surface area (Å²) in [6, 6.07) is 9.34. The number of carbonyl (C=O) groups excluding carboxylic acids is 1. The van der Waals surface area contributed by atoms with E-state index in [-0.39, 0.29) is 18.7 Å². The zero-order valence-corrected chi connectivity index (χ0v) is 15.0. The van der Waals surface area contributed by atoms with Gasteiger partial charge in [-0.25, -0.2) is 0 Å². The lowest BCUT2D eigenvalue weighted by atomic mass is 10.0. The molecule has 148 valence electrons. The standard InChI is InChI=1S/C19H19F3N4O2/c1-26-15(7-8-24-26)16-5-6-17(28-16)18(27)25-14(11-23)10-12-3-2-4-13(9-12)19(20,21)22/h2-9,14H,10-11,23H2,1H3,(H,25,27)/t14-/m0/s1. The summed E-state index contributed by atoms with van der Waals surface area (Å²) in [5.41, 5.74) is 6.09. The number of hydrogen-bond acceptors (Lipinski definition) is 4. The second kappa shape index (κ2) is 7.89. The normalized spacial score (nSPS) is 12.8. The average molecular weight is 392 g/mol. The number of rotatable bonds is 6. The molecule has 3 aromatic rings. The van der Waals surface area contributed by atoms with Crippen molar-refractivity contribution in [2.45, 2.75) is 18.6 Å². The van der Waals surface area contributed by atoms with E-state index in [0.717, 1.165) is 12.1 Å². The number of aryl methyl sites for hydroxylation is 1. The molecule has 0 aliphatic heterocycles. The van der Waals surface area contributed by atoms with Crippen LogP contribution >= 0.6 is 0 Å². The van der Waals surface area contributed by atoms with Gasteiger partial charge in [0, 0.05) is 25.8 Å². The highest BCUT2D eigenvalue weighted by Gasteiger charge is 2.30. The molecule has 6 nitrogen and oxygen atoms in total. The zero-order valence-electron chi connectivity index (χ0n) is 15.0. The lowest BCUT2D eigenvalue weighted by Crippen LogP contribution is -2.41. The summed E-state index contributed by atoms with van der Waals surface area (Å²) >= 11 is 0. The molecule has 3 rings (SSSR count). The summed E-state index contributed by atoms with van der Waals surface area (Å²) in [7, 11) is 1.75. The van der Waals surface area contributed by atoms with Gasteiger partial charge in [0.2, 0.25) is 0 Å². The van der Waals surface area contributed by atoms with Crippen molar-refractivity contribution in [3.63, 3.8) is 0 Å². The highest BCUT2D eigenvalue weighted by Crippen LogP contribution is 2.29. The Balaban J connectivity index is 1.69. The third kappa shape index (κ3) is 4.42. The maximum Gasteiger partial charge on any atom is 0.416 e. The van der Waals surface area contributed by atoms with Crippen LogP contribution in [0.5, 0.6) is 0 Å². The number of aromatic nitrogens is 2. The second-order valence-electron chi connectivity index (χ2n) is 6.31. The molecule has 0 saturated carbocycles. The number of furan rings is 1. The number of nitrogens with one attached hydrogen (secondary N) is 1. The van der Waals surface area contributed by atoms with Gasteiger partial charge in [-0.2, -0.15) is 18.3 Å². The van der Waals surface area contributed by atoms with Gasteiger partial charge >= 0.3 is 6.18 Å². The first kappa shape index (κ1) is 19.7. The van der Waals surface area contributed by atoms with Gasteiger partial charge < -0.3 is 15.5 Å². The van der Waals surface area contributed by atoms with Crippen LogP contribution in [0.2, 0.25) is 0 Å². The van der Waals surface area contributed by atoms with Gasteiger partial charge in [0.25, 0.3) is 5.91 Å². The molecule has 0 radical (unpaired) electrons. The number of benzene rings is 1. The van der Waals surface area contributed by atoms with Gasteiger partial charge in [-0.3, -0.25) is 9.48 Å². The molecule has 3 N–H and O–H groups in total. The summed E-state index contributed by atoms with van der Waals surface area (Å²) in [5, 5.41) is 6.74. The molecule has 0 aliphatic carbocycles. The summed E-state index contributed by atoms with van der Waals surface area (Å²) in [4.78, 5) is 12.4. The van der Waals surface area contributed by atoms with E-state index in [0.29, 0.717) is 17.0 Å². The van der Waals surface area contributed by atoms with Crippen LogP contribution < -0.4 is 11.1 Å². The van der Waals surface area contributed by atoms with Crippen LogP contribution in [-0.4, -0.2) is 28.3 Å². The van der Waals surface area contributed by atoms with E-state index in [2.05, 4.69) is 10.4 Å². The van der Waals surface area contributed by atoms with E-state index in [9.17, 15) is 18.0 Å². The Morgan fingerprint density at radius 2 is 2.07 bits per heavy atom. The van der Waals surface area contributed by atoms with Crippen LogP contribution in [0.15, 0.2) is 53.1 Å². The highest BCUT2D eigenvalue weighted by atomic mass is 19.4. The van der Waals surface area contributed by atoms with E-state index in [1.165, 1.54) is 12.1 Å². The first-order chi connectivity index (χ1) is 13.3. The Bertz CT molecular complexity index is 962. The van der Waals surface area contributed by atoms with E-state index in [1.54, 1.807) is 36.1 Å². The van der Waals surface area contributed by atoms with E-state index >= 15 is 0 Å². The van der Waals surface area contributed by atoms with E-state index in [1.807, 2.05) is 0 Å². The molecule has 0 spiro atoms. The molecule has 0 bridgehead atoms. The summed E-state index contributed by atoms with van der Waals surface area (Å²) in [6.07, 6.45) is -2.65. The molecule has 1 atom stereocenters. The van der Waals surface area contributed by atoms with Crippen molar-refractivity contribution in [2.24, 2.45) is 12.8 Å². The van der Waals surface area contributed by atoms with Crippen molar-refractivity contribution in [2.75, 3.05) is 6.54 Å². The molecule has 9 heteroatoms. The Morgan fingerprint density at radius 3 is 2.71 bits per heavy atom. The zero-order chi connectivity index (χ0) is 20.3. The summed E-state index contributed by atoms with van der Waals surface area (Å²) in [5.74, 6) is 0.0712. The minimum Gasteiger partial charge on any atom is -0.449 e. The van der Waals surface area contributed by atoms with E-state index < -0.39 is 23.7 Å². The Labute approximate surface area is 159 Å². The smallest absolute Gasteiger partial charge is 0.416 e. The van der Waals surface area contributed by atoms with Gasteiger partial charge in [-0.05, 0) is 36.2 Å². The number of alkyl halides is 3. The number of amides is 1. The minimum atomic E-state index is -4.42. The largest absolute Gasteiger partial charge is 0.449 e. The summed E-state index contributed by atoms with van der Waals surface area (Å²) in [6.45, 7) is 0.0667. The molecule has 2 aromatic heterocycles. The van der Waals surface area contributed by atoms with Gasteiger partial charge in [0.15, 0.2) is 11.5 Å². The number of hydrogen-bond donors (Lipinski definition) is 2. The van der Waals surface area contributed by atoms with Crippen LogP contribution in [0, 0.1) is 0 Å². The molecule has 1 amide bonds. The quantitative estimate of drug-likeness (QED) is 0.675. The predicted molar refractivity (Wildman–Crippen MR) is 96.4 cm³/mol. The fraction of sp³-hybridized carbons (Fsp3) is 0.263. The van der Waals surface area contributed by atoms with Crippen LogP contribution in [0.3, 0.4) is 0 Å². The molecule has 2 heterocycles. The first-order valence-corrected chi connectivity index (χ1v) is 8.53. The molecule has 0 unspecified atom stereocenters. The fourth-order valence-corrected chi connectivity index (χ4v) is 2.82. The van der Waals surface area contributed by atoms with Crippen molar-refractivity contribution >= 4 is 5.91 Å². The fourth-order valence-electron chi connectivity index (χ4n) is 2.82. The van der Waals surface area contributed by atoms with Gasteiger partial charge in [-0.15, -0.1) is 0 Å². The average Bonchev–Trinajstić information content (AvgIpc) is 3.29. The maximum absolute atomic E-state index is 12.9. The van der Waals surface area contributed by atoms with Gasteiger partial charge in [-0.1, -0.05) is 18.2 Å². The summed E-state index contributed by atoms with van der Waals surface area (Å²) < 4.78 is 45.7. The monoisotopic (exact) mass is 392 g/mol. The van der Waals surface area contributed by atoms with Crippen molar-refractivity contribution in [1.29, 1.82) is 0 Å². The van der Waals surface area contributed by atoms with Crippen LogP contribution in [-0.2, 0) is 19.6 Å². The molecular formula is C19H19F3N4O2. The van der Waals surface area contributed by atoms with Crippen LogP contribution in [0.1, 0.15) is 21.7 Å². The van der Waals surface area contributed by atoms with Gasteiger partial charge in [0.05, 0.1) is 5.56 Å². The lowest BCUT2D eigenvalue weighted by Gasteiger charge is -2.17. The SMILES string of the molecule is Cn1nccc1-c1ccc(C(=O)N[C@H](CN)Cc2cccc(C(F)(F)F)c2)o1. The molecule has 1 aromatic carbocycles. The highest BCUT2D eigenvalue weighted by molar-refractivity contribution is 5.92. The minimum absolute atomic E-state index is 0.0667. The predicted octanol–water partition coefficient (Wildman–Crippen LogP) is 3.00. The lowest BCUT2D eigenvalue weighted by molar-refractivity contribution is -0.137. The van der Waals surface area contributed by atoms with E-state index in [4.69, 9.17) is 10.2 Å². The van der Waals surface area contributed by atoms with Crippen molar-refractivity contribution in [3.05, 3.63) is 65.5 Å². The van der Waals surface area contributed by atoms with Crippen molar-refractivity contribution in [3.8, 4) is 11.5 Å².